The number of nitrogens with zero attached hydrogens (tertiary/aromatic N) is 2. The predicted molar refractivity (Wildman–Crippen MR) is 89.5 cm³/mol. The molecule has 0 bridgehead atoms. The van der Waals surface area contributed by atoms with Gasteiger partial charge in [0.1, 0.15) is 6.10 Å². The van der Waals surface area contributed by atoms with Crippen molar-refractivity contribution in [2.45, 2.75) is 63.4 Å². The zero-order valence-corrected chi connectivity index (χ0v) is 14.4. The first-order valence-corrected chi connectivity index (χ1v) is 9.12. The van der Waals surface area contributed by atoms with Crippen LogP contribution < -0.4 is 10.1 Å². The van der Waals surface area contributed by atoms with Crippen molar-refractivity contribution in [1.29, 1.82) is 0 Å². The average Bonchev–Trinajstić information content (AvgIpc) is 3.07. The van der Waals surface area contributed by atoms with Crippen LogP contribution >= 0.6 is 0 Å². The zero-order chi connectivity index (χ0) is 17.7. The van der Waals surface area contributed by atoms with E-state index in [0.29, 0.717) is 25.5 Å². The molecule has 0 amide bonds. The predicted octanol–water partition coefficient (Wildman–Crippen LogP) is 3.52. The van der Waals surface area contributed by atoms with Crippen molar-refractivity contribution >= 4 is 0 Å². The monoisotopic (exact) mass is 357 g/mol. The molecule has 0 spiro atoms. The first-order chi connectivity index (χ1) is 12.0. The van der Waals surface area contributed by atoms with E-state index in [1.807, 2.05) is 12.1 Å². The topological polar surface area (TPSA) is 37.4 Å². The second-order valence-corrected chi connectivity index (χ2v) is 7.04. The summed E-state index contributed by atoms with van der Waals surface area (Å²) in [6.45, 7) is 0.798. The molecule has 7 heteroatoms. The van der Waals surface area contributed by atoms with Gasteiger partial charge in [-0.2, -0.15) is 13.2 Å². The number of aromatic nitrogens is 1. The number of ether oxygens (including phenoxy) is 1. The van der Waals surface area contributed by atoms with E-state index < -0.39 is 12.7 Å². The van der Waals surface area contributed by atoms with Gasteiger partial charge in [0.25, 0.3) is 0 Å². The third-order valence-corrected chi connectivity index (χ3v) is 5.00. The molecule has 1 saturated carbocycles. The Kier molecular flexibility index (Phi) is 6.17. The molecule has 25 heavy (non-hydrogen) atoms. The molecule has 1 aliphatic carbocycles. The Morgan fingerprint density at radius 3 is 2.56 bits per heavy atom. The summed E-state index contributed by atoms with van der Waals surface area (Å²) in [6.07, 6.45) is 3.95. The summed E-state index contributed by atoms with van der Waals surface area (Å²) in [6, 6.07) is 4.14. The van der Waals surface area contributed by atoms with Gasteiger partial charge in [-0.25, -0.2) is 4.98 Å². The van der Waals surface area contributed by atoms with E-state index in [4.69, 9.17) is 4.74 Å². The Balaban J connectivity index is 1.46. The summed E-state index contributed by atoms with van der Waals surface area (Å²) in [4.78, 5) is 5.85. The van der Waals surface area contributed by atoms with Crippen LogP contribution in [0.4, 0.5) is 13.2 Å². The molecule has 1 N–H and O–H groups in total. The van der Waals surface area contributed by atoms with Gasteiger partial charge in [0.15, 0.2) is 0 Å². The van der Waals surface area contributed by atoms with Crippen molar-refractivity contribution in [3.63, 3.8) is 0 Å². The minimum absolute atomic E-state index is 0.240. The summed E-state index contributed by atoms with van der Waals surface area (Å²) in [5.41, 5.74) is 1.02. The molecule has 1 saturated heterocycles. The van der Waals surface area contributed by atoms with E-state index in [2.05, 4.69) is 10.3 Å². The number of rotatable bonds is 6. The minimum Gasteiger partial charge on any atom is -0.474 e. The molecule has 1 aliphatic heterocycles. The van der Waals surface area contributed by atoms with Crippen LogP contribution in [-0.2, 0) is 6.54 Å². The Hall–Kier alpha value is -1.34. The van der Waals surface area contributed by atoms with Gasteiger partial charge in [0.05, 0.1) is 6.54 Å². The van der Waals surface area contributed by atoms with Gasteiger partial charge >= 0.3 is 6.18 Å². The van der Waals surface area contributed by atoms with Crippen molar-refractivity contribution < 1.29 is 17.9 Å². The Morgan fingerprint density at radius 1 is 1.16 bits per heavy atom. The summed E-state index contributed by atoms with van der Waals surface area (Å²) >= 11 is 0. The molecule has 2 heterocycles. The lowest BCUT2D eigenvalue weighted by Gasteiger charge is -2.32. The standard InChI is InChI=1S/C18H26F3N3O/c19-18(20,21)13-24-10-7-15(8-11-24)23-12-14-4-3-9-22-17(14)25-16-5-1-2-6-16/h3-4,9,15-16,23H,1-2,5-8,10-13H2. The molecule has 0 aromatic carbocycles. The number of pyridine rings is 1. The quantitative estimate of drug-likeness (QED) is 0.845. The lowest BCUT2D eigenvalue weighted by atomic mass is 10.0. The first-order valence-electron chi connectivity index (χ1n) is 9.12. The molecule has 140 valence electrons. The van der Waals surface area contributed by atoms with E-state index in [1.165, 1.54) is 17.7 Å². The highest BCUT2D eigenvalue weighted by atomic mass is 19.4. The highest BCUT2D eigenvalue weighted by molar-refractivity contribution is 5.25. The van der Waals surface area contributed by atoms with E-state index >= 15 is 0 Å². The molecular weight excluding hydrogens is 331 g/mol. The molecule has 1 aromatic rings. The Bertz CT molecular complexity index is 539. The van der Waals surface area contributed by atoms with Gasteiger partial charge in [-0.15, -0.1) is 0 Å². The van der Waals surface area contributed by atoms with Gasteiger partial charge in [0, 0.05) is 24.3 Å². The normalized spacial score (nSPS) is 20.9. The molecule has 0 unspecified atom stereocenters. The fourth-order valence-electron chi connectivity index (χ4n) is 3.63. The van der Waals surface area contributed by atoms with Crippen LogP contribution in [0.2, 0.25) is 0 Å². The van der Waals surface area contributed by atoms with Crippen molar-refractivity contribution in [2.24, 2.45) is 0 Å². The number of hydrogen-bond donors (Lipinski definition) is 1. The molecule has 4 nitrogen and oxygen atoms in total. The number of alkyl halides is 3. The first kappa shape index (κ1) is 18.5. The highest BCUT2D eigenvalue weighted by Gasteiger charge is 2.32. The van der Waals surface area contributed by atoms with Crippen LogP contribution in [0.5, 0.6) is 5.88 Å². The third kappa shape index (κ3) is 5.85. The van der Waals surface area contributed by atoms with Gasteiger partial charge < -0.3 is 10.1 Å². The van der Waals surface area contributed by atoms with Crippen LogP contribution in [-0.4, -0.2) is 47.8 Å². The minimum atomic E-state index is -4.11. The maximum absolute atomic E-state index is 12.4. The lowest BCUT2D eigenvalue weighted by Crippen LogP contribution is -2.45. The fourth-order valence-corrected chi connectivity index (χ4v) is 3.63. The molecule has 2 aliphatic rings. The summed E-state index contributed by atoms with van der Waals surface area (Å²) in [7, 11) is 0. The van der Waals surface area contributed by atoms with Crippen molar-refractivity contribution in [1.82, 2.24) is 15.2 Å². The van der Waals surface area contributed by atoms with Gasteiger partial charge in [-0.3, -0.25) is 4.90 Å². The molecular formula is C18H26F3N3O. The molecule has 0 atom stereocenters. The SMILES string of the molecule is FC(F)(F)CN1CCC(NCc2cccnc2OC2CCCC2)CC1. The fraction of sp³-hybridized carbons (Fsp3) is 0.722. The van der Waals surface area contributed by atoms with Crippen molar-refractivity contribution in [3.8, 4) is 5.88 Å². The number of hydrogen-bond acceptors (Lipinski definition) is 4. The third-order valence-electron chi connectivity index (χ3n) is 5.00. The van der Waals surface area contributed by atoms with Crippen LogP contribution in [0, 0.1) is 0 Å². The van der Waals surface area contributed by atoms with Crippen molar-refractivity contribution in [3.05, 3.63) is 23.9 Å². The highest BCUT2D eigenvalue weighted by Crippen LogP contribution is 2.25. The second-order valence-electron chi connectivity index (χ2n) is 7.04. The largest absolute Gasteiger partial charge is 0.474 e. The van der Waals surface area contributed by atoms with E-state index in [0.717, 1.165) is 31.2 Å². The average molecular weight is 357 g/mol. The van der Waals surface area contributed by atoms with Crippen molar-refractivity contribution in [2.75, 3.05) is 19.6 Å². The van der Waals surface area contributed by atoms with Gasteiger partial charge in [-0.05, 0) is 57.7 Å². The van der Waals surface area contributed by atoms with Gasteiger partial charge in [0.2, 0.25) is 5.88 Å². The van der Waals surface area contributed by atoms with Crippen LogP contribution in [0.15, 0.2) is 18.3 Å². The number of halogens is 3. The number of likely N-dealkylation sites (tertiary alicyclic amines) is 1. The van der Waals surface area contributed by atoms with E-state index in [9.17, 15) is 13.2 Å². The molecule has 0 radical (unpaired) electrons. The molecule has 3 rings (SSSR count). The Labute approximate surface area is 146 Å². The number of nitrogens with one attached hydrogen (secondary N) is 1. The van der Waals surface area contributed by atoms with Crippen LogP contribution in [0.3, 0.4) is 0 Å². The van der Waals surface area contributed by atoms with Crippen LogP contribution in [0.25, 0.3) is 0 Å². The lowest BCUT2D eigenvalue weighted by molar-refractivity contribution is -0.148. The number of piperidine rings is 1. The maximum atomic E-state index is 12.4. The van der Waals surface area contributed by atoms with E-state index in [-0.39, 0.29) is 12.1 Å². The second kappa shape index (κ2) is 8.36. The Morgan fingerprint density at radius 2 is 1.88 bits per heavy atom. The summed E-state index contributed by atoms with van der Waals surface area (Å²) in [5.74, 6) is 0.691. The van der Waals surface area contributed by atoms with Gasteiger partial charge in [-0.1, -0.05) is 6.07 Å². The molecule has 2 fully saturated rings. The maximum Gasteiger partial charge on any atom is 0.401 e. The summed E-state index contributed by atoms with van der Waals surface area (Å²) in [5, 5.41) is 3.46. The molecule has 1 aromatic heterocycles. The van der Waals surface area contributed by atoms with Crippen LogP contribution in [0.1, 0.15) is 44.1 Å². The zero-order valence-electron chi connectivity index (χ0n) is 14.4. The van der Waals surface area contributed by atoms with E-state index in [1.54, 1.807) is 6.20 Å². The summed E-state index contributed by atoms with van der Waals surface area (Å²) < 4.78 is 43.4. The smallest absolute Gasteiger partial charge is 0.401 e.